The Morgan fingerprint density at radius 3 is 2.59 bits per heavy atom. The molecule has 3 rings (SSSR count). The first-order valence-corrected chi connectivity index (χ1v) is 11.5. The molecule has 0 aliphatic carbocycles. The molecule has 2 aromatic rings. The molecule has 32 heavy (non-hydrogen) atoms. The monoisotopic (exact) mass is 471 g/mol. The molecule has 1 atom stereocenters. The van der Waals surface area contributed by atoms with E-state index < -0.39 is 11.7 Å². The molecule has 0 spiro atoms. The van der Waals surface area contributed by atoms with Crippen molar-refractivity contribution in [2.24, 2.45) is 5.92 Å². The van der Waals surface area contributed by atoms with Crippen molar-refractivity contribution < 1.29 is 17.9 Å². The summed E-state index contributed by atoms with van der Waals surface area (Å²) >= 11 is 1.43. The number of anilines is 3. The summed E-state index contributed by atoms with van der Waals surface area (Å²) in [5.41, 5.74) is -0.240. The molecule has 0 bridgehead atoms. The molecule has 2 heterocycles. The smallest absolute Gasteiger partial charge is 0.421 e. The van der Waals surface area contributed by atoms with Gasteiger partial charge in [-0.1, -0.05) is 27.2 Å². The maximum Gasteiger partial charge on any atom is 0.421 e. The number of hydrogen-bond donors (Lipinski definition) is 2. The molecule has 10 heteroatoms. The van der Waals surface area contributed by atoms with Gasteiger partial charge in [-0.05, 0) is 56.0 Å². The predicted molar refractivity (Wildman–Crippen MR) is 125 cm³/mol. The highest BCUT2D eigenvalue weighted by Crippen LogP contribution is 2.38. The third-order valence-corrected chi connectivity index (χ3v) is 5.36. The molecule has 178 valence electrons. The normalized spacial score (nSPS) is 16.2. The van der Waals surface area contributed by atoms with Crippen LogP contribution in [0, 0.1) is 5.92 Å². The summed E-state index contributed by atoms with van der Waals surface area (Å²) < 4.78 is 49.0. The maximum atomic E-state index is 13.5. The van der Waals surface area contributed by atoms with E-state index in [0.717, 1.165) is 23.9 Å². The number of ether oxygens (including phenoxy) is 1. The van der Waals surface area contributed by atoms with E-state index in [9.17, 15) is 13.2 Å². The summed E-state index contributed by atoms with van der Waals surface area (Å²) in [5.74, 6) is 0.872. The first kappa shape index (κ1) is 26.1. The summed E-state index contributed by atoms with van der Waals surface area (Å²) in [7, 11) is 3.34. The lowest BCUT2D eigenvalue weighted by atomic mass is 10.00. The van der Waals surface area contributed by atoms with Crippen LogP contribution in [-0.2, 0) is 6.18 Å². The van der Waals surface area contributed by atoms with E-state index in [1.165, 1.54) is 25.5 Å². The van der Waals surface area contributed by atoms with Crippen molar-refractivity contribution in [2.75, 3.05) is 37.5 Å². The topological polar surface area (TPSA) is 62.3 Å². The highest BCUT2D eigenvalue weighted by atomic mass is 32.2. The summed E-state index contributed by atoms with van der Waals surface area (Å²) in [4.78, 5) is 10.8. The lowest BCUT2D eigenvalue weighted by Crippen LogP contribution is -2.36. The van der Waals surface area contributed by atoms with Gasteiger partial charge in [-0.3, -0.25) is 4.72 Å². The average molecular weight is 472 g/mol. The number of nitrogens with zero attached hydrogens (tertiary/aromatic N) is 3. The first-order chi connectivity index (χ1) is 15.2. The van der Waals surface area contributed by atoms with Crippen LogP contribution >= 0.6 is 11.9 Å². The van der Waals surface area contributed by atoms with Crippen molar-refractivity contribution >= 4 is 29.4 Å². The second-order valence-electron chi connectivity index (χ2n) is 7.62. The van der Waals surface area contributed by atoms with E-state index in [0.29, 0.717) is 30.4 Å². The van der Waals surface area contributed by atoms with Crippen molar-refractivity contribution in [3.63, 3.8) is 0 Å². The number of nitrogens with one attached hydrogen (secondary N) is 2. The molecule has 2 N–H and O–H groups in total. The van der Waals surface area contributed by atoms with Gasteiger partial charge >= 0.3 is 6.18 Å². The second kappa shape index (κ2) is 12.2. The van der Waals surface area contributed by atoms with Crippen LogP contribution in [0.2, 0.25) is 0 Å². The fourth-order valence-corrected chi connectivity index (χ4v) is 3.87. The quantitative estimate of drug-likeness (QED) is 0.492. The van der Waals surface area contributed by atoms with Gasteiger partial charge in [-0.25, -0.2) is 4.98 Å². The van der Waals surface area contributed by atoms with Gasteiger partial charge in [-0.2, -0.15) is 18.2 Å². The third-order valence-electron chi connectivity index (χ3n) is 4.67. The molecule has 1 unspecified atom stereocenters. The fourth-order valence-electron chi connectivity index (χ4n) is 3.33. The van der Waals surface area contributed by atoms with Crippen LogP contribution < -0.4 is 19.7 Å². The van der Waals surface area contributed by atoms with Crippen LogP contribution in [0.15, 0.2) is 29.3 Å². The lowest BCUT2D eigenvalue weighted by molar-refractivity contribution is -0.137. The van der Waals surface area contributed by atoms with E-state index in [4.69, 9.17) is 4.74 Å². The van der Waals surface area contributed by atoms with Crippen LogP contribution in [0.25, 0.3) is 0 Å². The van der Waals surface area contributed by atoms with E-state index in [-0.39, 0.29) is 11.8 Å². The molecule has 1 aliphatic heterocycles. The fraction of sp³-hybridized carbons (Fsp3) is 0.545. The van der Waals surface area contributed by atoms with Gasteiger partial charge in [0.15, 0.2) is 0 Å². The zero-order valence-corrected chi connectivity index (χ0v) is 20.0. The molecule has 1 aliphatic rings. The van der Waals surface area contributed by atoms with Gasteiger partial charge < -0.3 is 15.0 Å². The van der Waals surface area contributed by atoms with E-state index in [1.807, 2.05) is 26.1 Å². The molecule has 0 amide bonds. The highest BCUT2D eigenvalue weighted by molar-refractivity contribution is 7.97. The number of rotatable bonds is 6. The van der Waals surface area contributed by atoms with Gasteiger partial charge in [-0.15, -0.1) is 0 Å². The minimum absolute atomic E-state index is 0.0807. The van der Waals surface area contributed by atoms with Crippen molar-refractivity contribution in [3.8, 4) is 5.75 Å². The molecular formula is C22H32F3N5OS. The van der Waals surface area contributed by atoms with Crippen molar-refractivity contribution in [1.29, 1.82) is 0 Å². The van der Waals surface area contributed by atoms with Gasteiger partial charge in [0.05, 0.1) is 12.8 Å². The Balaban J connectivity index is 0.00000114. The van der Waals surface area contributed by atoms with Crippen LogP contribution in [-0.4, -0.2) is 37.2 Å². The molecule has 6 nitrogen and oxygen atoms in total. The molecule has 1 fully saturated rings. The van der Waals surface area contributed by atoms with E-state index in [2.05, 4.69) is 33.9 Å². The maximum absolute atomic E-state index is 13.5. The SMILES string of the molecule is CCC.CNSc1ccc(Nc2ncc(C(F)(F)F)c(N3CCCC(C)C3)n2)c(OC)c1. The molecule has 1 saturated heterocycles. The Morgan fingerprint density at radius 2 is 2.00 bits per heavy atom. The van der Waals surface area contributed by atoms with Gasteiger partial charge in [0, 0.05) is 24.2 Å². The van der Waals surface area contributed by atoms with Crippen LogP contribution in [0.3, 0.4) is 0 Å². The third kappa shape index (κ3) is 7.16. The number of halogens is 3. The Hall–Kier alpha value is -2.20. The number of piperidine rings is 1. The summed E-state index contributed by atoms with van der Waals surface area (Å²) in [5, 5.41) is 2.99. The first-order valence-electron chi connectivity index (χ1n) is 10.7. The van der Waals surface area contributed by atoms with Crippen molar-refractivity contribution in [2.45, 2.75) is 51.1 Å². The highest BCUT2D eigenvalue weighted by Gasteiger charge is 2.37. The summed E-state index contributed by atoms with van der Waals surface area (Å²) in [6, 6.07) is 5.46. The lowest BCUT2D eigenvalue weighted by Gasteiger charge is -2.33. The van der Waals surface area contributed by atoms with Crippen molar-refractivity contribution in [3.05, 3.63) is 30.0 Å². The van der Waals surface area contributed by atoms with Crippen LogP contribution in [0.4, 0.5) is 30.6 Å². The number of aromatic nitrogens is 2. The minimum atomic E-state index is -4.52. The standard InChI is InChI=1S/C19H24F3N5OS.C3H8/c1-12-5-4-8-27(11-12)17-14(19(20,21)22)10-24-18(26-17)25-15-7-6-13(29-23-2)9-16(15)28-3;1-3-2/h6-7,9-10,12,23H,4-5,8,11H2,1-3H3,(H,24,25,26);3H2,1-2H3. The molecule has 0 radical (unpaired) electrons. The van der Waals surface area contributed by atoms with Gasteiger partial charge in [0.1, 0.15) is 17.1 Å². The number of hydrogen-bond acceptors (Lipinski definition) is 7. The van der Waals surface area contributed by atoms with Gasteiger partial charge in [0.25, 0.3) is 0 Å². The van der Waals surface area contributed by atoms with Crippen molar-refractivity contribution in [1.82, 2.24) is 14.7 Å². The zero-order chi connectivity index (χ0) is 23.7. The minimum Gasteiger partial charge on any atom is -0.495 e. The number of benzene rings is 1. The van der Waals surface area contributed by atoms with Crippen LogP contribution in [0.1, 0.15) is 45.6 Å². The zero-order valence-electron chi connectivity index (χ0n) is 19.2. The predicted octanol–water partition coefficient (Wildman–Crippen LogP) is 6.13. The van der Waals surface area contributed by atoms with E-state index >= 15 is 0 Å². The largest absolute Gasteiger partial charge is 0.495 e. The number of alkyl halides is 3. The Morgan fingerprint density at radius 1 is 1.28 bits per heavy atom. The van der Waals surface area contributed by atoms with E-state index in [1.54, 1.807) is 11.0 Å². The van der Waals surface area contributed by atoms with Gasteiger partial charge in [0.2, 0.25) is 5.95 Å². The number of methoxy groups -OCH3 is 1. The molecule has 1 aromatic carbocycles. The molecule has 0 saturated carbocycles. The Labute approximate surface area is 192 Å². The average Bonchev–Trinajstić information content (AvgIpc) is 2.75. The molecular weight excluding hydrogens is 439 g/mol. The second-order valence-corrected chi connectivity index (χ2v) is 8.71. The Bertz CT molecular complexity index is 866. The van der Waals surface area contributed by atoms with Crippen LogP contribution in [0.5, 0.6) is 5.75 Å². The summed E-state index contributed by atoms with van der Waals surface area (Å²) in [6.45, 7) is 7.37. The molecule has 1 aromatic heterocycles. The summed E-state index contributed by atoms with van der Waals surface area (Å²) in [6.07, 6.45) is -0.578. The Kier molecular flexibility index (Phi) is 9.89.